The Morgan fingerprint density at radius 2 is 1.96 bits per heavy atom. The number of anilines is 2. The third kappa shape index (κ3) is 3.17. The summed E-state index contributed by atoms with van der Waals surface area (Å²) in [4.78, 5) is 12.1. The highest BCUT2D eigenvalue weighted by Crippen LogP contribution is 2.49. The summed E-state index contributed by atoms with van der Waals surface area (Å²) >= 11 is 0. The van der Waals surface area contributed by atoms with Gasteiger partial charge in [-0.2, -0.15) is 0 Å². The van der Waals surface area contributed by atoms with E-state index in [9.17, 15) is 9.18 Å². The molecular formula is C24H25FN2O. The lowest BCUT2D eigenvalue weighted by Gasteiger charge is -2.39. The zero-order chi connectivity index (χ0) is 19.7. The number of carbonyl (C=O) groups excluding carboxylic acids is 1. The lowest BCUT2D eigenvalue weighted by Crippen LogP contribution is -2.32. The number of carbonyl (C=O) groups is 1. The summed E-state index contributed by atoms with van der Waals surface area (Å²) in [6.45, 7) is 2.20. The van der Waals surface area contributed by atoms with E-state index in [2.05, 4.69) is 24.4 Å². The number of allylic oxidation sites excluding steroid dienone is 2. The van der Waals surface area contributed by atoms with E-state index in [-0.39, 0.29) is 17.0 Å². The SMILES string of the molecule is CCC12CCC(=O)C=C1CCCc1cc(Nc3ccc(F)cc3)c(C=N)cc12. The summed E-state index contributed by atoms with van der Waals surface area (Å²) in [5.74, 6) is -0.0276. The largest absolute Gasteiger partial charge is 0.355 e. The van der Waals surface area contributed by atoms with Crippen molar-refractivity contribution in [2.45, 2.75) is 50.9 Å². The molecule has 3 nitrogen and oxygen atoms in total. The first-order valence-corrected chi connectivity index (χ1v) is 10.00. The van der Waals surface area contributed by atoms with E-state index >= 15 is 0 Å². The number of halogens is 1. The molecule has 0 saturated heterocycles. The molecule has 0 aromatic heterocycles. The van der Waals surface area contributed by atoms with Crippen molar-refractivity contribution in [2.75, 3.05) is 5.32 Å². The van der Waals surface area contributed by atoms with Gasteiger partial charge in [0.25, 0.3) is 0 Å². The Labute approximate surface area is 165 Å². The van der Waals surface area contributed by atoms with Gasteiger partial charge in [0, 0.05) is 35.0 Å². The van der Waals surface area contributed by atoms with Crippen molar-refractivity contribution < 1.29 is 9.18 Å². The molecule has 0 saturated carbocycles. The molecule has 2 aromatic rings. The van der Waals surface area contributed by atoms with Crippen molar-refractivity contribution in [3.05, 3.63) is 70.6 Å². The molecule has 0 heterocycles. The van der Waals surface area contributed by atoms with Crippen molar-refractivity contribution in [1.82, 2.24) is 0 Å². The van der Waals surface area contributed by atoms with Crippen LogP contribution in [0, 0.1) is 11.2 Å². The summed E-state index contributed by atoms with van der Waals surface area (Å²) < 4.78 is 13.2. The molecule has 0 radical (unpaired) electrons. The van der Waals surface area contributed by atoms with E-state index < -0.39 is 0 Å². The van der Waals surface area contributed by atoms with E-state index in [0.717, 1.165) is 49.0 Å². The number of benzene rings is 2. The molecule has 0 amide bonds. The van der Waals surface area contributed by atoms with Gasteiger partial charge in [-0.15, -0.1) is 0 Å². The number of aryl methyl sites for hydroxylation is 1. The molecule has 144 valence electrons. The number of hydrogen-bond donors (Lipinski definition) is 2. The summed E-state index contributed by atoms with van der Waals surface area (Å²) in [7, 11) is 0. The molecular weight excluding hydrogens is 351 g/mol. The Kier molecular flexibility index (Phi) is 4.88. The van der Waals surface area contributed by atoms with Crippen LogP contribution in [0.1, 0.15) is 55.7 Å². The molecule has 1 atom stereocenters. The minimum atomic E-state index is -0.268. The van der Waals surface area contributed by atoms with E-state index in [0.29, 0.717) is 6.42 Å². The minimum Gasteiger partial charge on any atom is -0.355 e. The van der Waals surface area contributed by atoms with Crippen LogP contribution in [-0.4, -0.2) is 12.0 Å². The second-order valence-electron chi connectivity index (χ2n) is 7.80. The zero-order valence-electron chi connectivity index (χ0n) is 16.1. The highest BCUT2D eigenvalue weighted by molar-refractivity contribution is 5.93. The first-order chi connectivity index (χ1) is 13.6. The fourth-order valence-corrected chi connectivity index (χ4v) is 4.81. The predicted octanol–water partition coefficient (Wildman–Crippen LogP) is 5.84. The Morgan fingerprint density at radius 3 is 2.68 bits per heavy atom. The van der Waals surface area contributed by atoms with Crippen LogP contribution in [0.3, 0.4) is 0 Å². The van der Waals surface area contributed by atoms with Crippen LogP contribution in [0.25, 0.3) is 0 Å². The maximum Gasteiger partial charge on any atom is 0.155 e. The van der Waals surface area contributed by atoms with Crippen LogP contribution in [0.4, 0.5) is 15.8 Å². The molecule has 0 bridgehead atoms. The normalized spacial score (nSPS) is 21.2. The van der Waals surface area contributed by atoms with Gasteiger partial charge in [0.2, 0.25) is 0 Å². The standard InChI is InChI=1S/C24H25FN2O/c1-2-24-11-10-21(28)14-18(24)5-3-4-16-13-23(17(15-26)12-22(16)24)27-20-8-6-19(25)7-9-20/h6-9,12-15,26-27H,2-5,10-11H2,1H3. The summed E-state index contributed by atoms with van der Waals surface area (Å²) in [5.41, 5.74) is 6.21. The van der Waals surface area contributed by atoms with Crippen molar-refractivity contribution in [1.29, 1.82) is 5.41 Å². The topological polar surface area (TPSA) is 53.0 Å². The molecule has 2 aliphatic carbocycles. The molecule has 2 N–H and O–H groups in total. The Hall–Kier alpha value is -2.75. The van der Waals surface area contributed by atoms with E-state index in [1.807, 2.05) is 6.08 Å². The second kappa shape index (κ2) is 7.34. The first kappa shape index (κ1) is 18.6. The molecule has 0 spiro atoms. The van der Waals surface area contributed by atoms with Gasteiger partial charge in [-0.3, -0.25) is 4.79 Å². The highest BCUT2D eigenvalue weighted by Gasteiger charge is 2.40. The Balaban J connectivity index is 1.82. The summed E-state index contributed by atoms with van der Waals surface area (Å²) in [5, 5.41) is 11.3. The molecule has 2 aromatic carbocycles. The van der Waals surface area contributed by atoms with Crippen molar-refractivity contribution in [3.63, 3.8) is 0 Å². The second-order valence-corrected chi connectivity index (χ2v) is 7.80. The third-order valence-electron chi connectivity index (χ3n) is 6.31. The fourth-order valence-electron chi connectivity index (χ4n) is 4.81. The lowest BCUT2D eigenvalue weighted by atomic mass is 9.65. The van der Waals surface area contributed by atoms with E-state index in [4.69, 9.17) is 5.41 Å². The van der Waals surface area contributed by atoms with Crippen LogP contribution in [0.5, 0.6) is 0 Å². The van der Waals surface area contributed by atoms with Crippen molar-refractivity contribution in [3.8, 4) is 0 Å². The molecule has 4 rings (SSSR count). The van der Waals surface area contributed by atoms with Crippen molar-refractivity contribution in [2.24, 2.45) is 0 Å². The molecule has 28 heavy (non-hydrogen) atoms. The molecule has 0 aliphatic heterocycles. The number of fused-ring (bicyclic) bond motifs is 3. The first-order valence-electron chi connectivity index (χ1n) is 10.00. The minimum absolute atomic E-state index is 0.0914. The van der Waals surface area contributed by atoms with Gasteiger partial charge in [0.1, 0.15) is 5.82 Å². The monoisotopic (exact) mass is 376 g/mol. The maximum absolute atomic E-state index is 13.2. The Morgan fingerprint density at radius 1 is 1.18 bits per heavy atom. The van der Waals surface area contributed by atoms with Crippen molar-refractivity contribution >= 4 is 23.4 Å². The van der Waals surface area contributed by atoms with Gasteiger partial charge in [-0.1, -0.05) is 12.5 Å². The van der Waals surface area contributed by atoms with E-state index in [1.165, 1.54) is 35.0 Å². The average Bonchev–Trinajstić information content (AvgIpc) is 2.85. The number of hydrogen-bond acceptors (Lipinski definition) is 3. The smallest absolute Gasteiger partial charge is 0.155 e. The Bertz CT molecular complexity index is 961. The third-order valence-corrected chi connectivity index (χ3v) is 6.31. The molecule has 0 fully saturated rings. The van der Waals surface area contributed by atoms with Crippen LogP contribution >= 0.6 is 0 Å². The van der Waals surface area contributed by atoms with Crippen LogP contribution in [0.15, 0.2) is 48.0 Å². The fraction of sp³-hybridized carbons (Fsp3) is 0.333. The lowest BCUT2D eigenvalue weighted by molar-refractivity contribution is -0.115. The van der Waals surface area contributed by atoms with Gasteiger partial charge in [0.15, 0.2) is 5.78 Å². The zero-order valence-corrected chi connectivity index (χ0v) is 16.1. The summed E-state index contributed by atoms with van der Waals surface area (Å²) in [6.07, 6.45) is 8.59. The average molecular weight is 376 g/mol. The maximum atomic E-state index is 13.2. The van der Waals surface area contributed by atoms with Gasteiger partial charge >= 0.3 is 0 Å². The molecule has 4 heteroatoms. The van der Waals surface area contributed by atoms with Gasteiger partial charge in [-0.25, -0.2) is 4.39 Å². The highest BCUT2D eigenvalue weighted by atomic mass is 19.1. The quantitative estimate of drug-likeness (QED) is 0.659. The van der Waals surface area contributed by atoms with E-state index in [1.54, 1.807) is 12.1 Å². The predicted molar refractivity (Wildman–Crippen MR) is 111 cm³/mol. The van der Waals surface area contributed by atoms with Crippen LogP contribution in [0.2, 0.25) is 0 Å². The van der Waals surface area contributed by atoms with Gasteiger partial charge < -0.3 is 10.7 Å². The van der Waals surface area contributed by atoms with Crippen LogP contribution < -0.4 is 5.32 Å². The molecule has 1 unspecified atom stereocenters. The summed E-state index contributed by atoms with van der Waals surface area (Å²) in [6, 6.07) is 10.5. The van der Waals surface area contributed by atoms with Crippen LogP contribution in [-0.2, 0) is 16.6 Å². The number of rotatable bonds is 4. The number of nitrogens with one attached hydrogen (secondary N) is 2. The molecule has 2 aliphatic rings. The van der Waals surface area contributed by atoms with Gasteiger partial charge in [-0.05, 0) is 85.7 Å². The number of ketones is 1. The van der Waals surface area contributed by atoms with Gasteiger partial charge in [0.05, 0.1) is 0 Å².